The molecule has 11 heavy (non-hydrogen) atoms. The summed E-state index contributed by atoms with van der Waals surface area (Å²) in [4.78, 5) is 3.66. The van der Waals surface area contributed by atoms with Crippen molar-refractivity contribution in [2.45, 2.75) is 38.6 Å². The predicted molar refractivity (Wildman–Crippen MR) is 50.7 cm³/mol. The summed E-state index contributed by atoms with van der Waals surface area (Å²) >= 11 is 5.29. The van der Waals surface area contributed by atoms with Crippen LogP contribution in [0.5, 0.6) is 0 Å². The second-order valence-electron chi connectivity index (χ2n) is 3.83. The number of rotatable bonds is 1. The van der Waals surface area contributed by atoms with Crippen LogP contribution in [0.4, 0.5) is 0 Å². The molecule has 0 N–H and O–H groups in total. The molecule has 2 aliphatic rings. The molecule has 62 valence electrons. The minimum Gasteiger partial charge on any atom is -0.362 e. The van der Waals surface area contributed by atoms with Crippen molar-refractivity contribution in [3.8, 4) is 0 Å². The van der Waals surface area contributed by atoms with Crippen LogP contribution >= 0.6 is 12.2 Å². The zero-order chi connectivity index (χ0) is 7.84. The van der Waals surface area contributed by atoms with Gasteiger partial charge in [-0.2, -0.15) is 0 Å². The van der Waals surface area contributed by atoms with E-state index in [4.69, 9.17) is 12.2 Å². The average molecular weight is 169 g/mol. The lowest BCUT2D eigenvalue weighted by Crippen LogP contribution is -2.54. The highest BCUT2D eigenvalue weighted by atomic mass is 32.1. The molecular formula is C9H15NS. The highest BCUT2D eigenvalue weighted by Gasteiger charge is 2.34. The van der Waals surface area contributed by atoms with Gasteiger partial charge in [0.05, 0.1) is 4.99 Å². The highest BCUT2D eigenvalue weighted by molar-refractivity contribution is 7.80. The van der Waals surface area contributed by atoms with E-state index in [1.165, 1.54) is 37.2 Å². The molecule has 1 saturated carbocycles. The lowest BCUT2D eigenvalue weighted by molar-refractivity contribution is 0.233. The van der Waals surface area contributed by atoms with E-state index in [0.717, 1.165) is 6.04 Å². The number of likely N-dealkylation sites (tertiary alicyclic amines) is 1. The van der Waals surface area contributed by atoms with Gasteiger partial charge < -0.3 is 4.90 Å². The maximum Gasteiger partial charge on any atom is 0.0828 e. The topological polar surface area (TPSA) is 3.24 Å². The van der Waals surface area contributed by atoms with Crippen molar-refractivity contribution in [2.75, 3.05) is 6.54 Å². The quantitative estimate of drug-likeness (QED) is 0.554. The van der Waals surface area contributed by atoms with Gasteiger partial charge in [-0.1, -0.05) is 32.0 Å². The predicted octanol–water partition coefficient (Wildman–Crippen LogP) is 2.21. The molecule has 0 spiro atoms. The Morgan fingerprint density at radius 3 is 2.45 bits per heavy atom. The highest BCUT2D eigenvalue weighted by Crippen LogP contribution is 2.30. The monoisotopic (exact) mass is 169 g/mol. The lowest BCUT2D eigenvalue weighted by atomic mass is 9.99. The first kappa shape index (κ1) is 7.53. The van der Waals surface area contributed by atoms with Crippen LogP contribution in [0.3, 0.4) is 0 Å². The molecule has 0 radical (unpaired) electrons. The van der Waals surface area contributed by atoms with Gasteiger partial charge in [-0.15, -0.1) is 0 Å². The molecule has 0 bridgehead atoms. The third-order valence-electron chi connectivity index (χ3n) is 2.94. The zero-order valence-electron chi connectivity index (χ0n) is 7.05. The second-order valence-corrected chi connectivity index (χ2v) is 4.25. The van der Waals surface area contributed by atoms with Gasteiger partial charge in [0.2, 0.25) is 0 Å². The molecule has 0 aromatic heterocycles. The summed E-state index contributed by atoms with van der Waals surface area (Å²) in [7, 11) is 0. The van der Waals surface area contributed by atoms with Crippen molar-refractivity contribution in [1.82, 2.24) is 4.90 Å². The van der Waals surface area contributed by atoms with Crippen molar-refractivity contribution >= 4 is 17.2 Å². The smallest absolute Gasteiger partial charge is 0.0828 e. The number of thiocarbonyl (C=S) groups is 1. The van der Waals surface area contributed by atoms with E-state index in [9.17, 15) is 0 Å². The van der Waals surface area contributed by atoms with Gasteiger partial charge in [0.1, 0.15) is 0 Å². The van der Waals surface area contributed by atoms with Crippen LogP contribution in [0.15, 0.2) is 0 Å². The van der Waals surface area contributed by atoms with Gasteiger partial charge in [-0.3, -0.25) is 0 Å². The summed E-state index contributed by atoms with van der Waals surface area (Å²) in [5.74, 6) is 0.686. The summed E-state index contributed by atoms with van der Waals surface area (Å²) in [5, 5.41) is 0. The summed E-state index contributed by atoms with van der Waals surface area (Å²) in [6.45, 7) is 3.46. The van der Waals surface area contributed by atoms with Crippen molar-refractivity contribution in [3.63, 3.8) is 0 Å². The van der Waals surface area contributed by atoms with Gasteiger partial charge in [0.25, 0.3) is 0 Å². The van der Waals surface area contributed by atoms with E-state index in [1.807, 2.05) is 0 Å². The molecule has 2 fully saturated rings. The summed E-state index contributed by atoms with van der Waals surface area (Å²) in [5.41, 5.74) is 0. The fraction of sp³-hybridized carbons (Fsp3) is 0.889. The SMILES string of the molecule is CC1CN(C2CCCC2)C1=S. The molecule has 1 aliphatic heterocycles. The third-order valence-corrected chi connectivity index (χ3v) is 3.58. The summed E-state index contributed by atoms with van der Waals surface area (Å²) < 4.78 is 0. The van der Waals surface area contributed by atoms with E-state index in [1.54, 1.807) is 0 Å². The van der Waals surface area contributed by atoms with Crippen molar-refractivity contribution in [2.24, 2.45) is 5.92 Å². The van der Waals surface area contributed by atoms with Crippen LogP contribution in [-0.4, -0.2) is 22.5 Å². The van der Waals surface area contributed by atoms with Gasteiger partial charge in [-0.05, 0) is 12.8 Å². The minimum atomic E-state index is 0.686. The Bertz CT molecular complexity index is 172. The maximum absolute atomic E-state index is 5.29. The first-order chi connectivity index (χ1) is 5.29. The van der Waals surface area contributed by atoms with E-state index < -0.39 is 0 Å². The Hall–Kier alpha value is -0.110. The molecule has 0 aromatic rings. The van der Waals surface area contributed by atoms with Gasteiger partial charge >= 0.3 is 0 Å². The van der Waals surface area contributed by atoms with Crippen LogP contribution in [0.25, 0.3) is 0 Å². The Morgan fingerprint density at radius 1 is 1.36 bits per heavy atom. The van der Waals surface area contributed by atoms with Crippen LogP contribution < -0.4 is 0 Å². The van der Waals surface area contributed by atoms with E-state index in [-0.39, 0.29) is 0 Å². The van der Waals surface area contributed by atoms with Crippen LogP contribution in [0.1, 0.15) is 32.6 Å². The van der Waals surface area contributed by atoms with Crippen molar-refractivity contribution in [3.05, 3.63) is 0 Å². The molecule has 1 saturated heterocycles. The van der Waals surface area contributed by atoms with Crippen molar-refractivity contribution < 1.29 is 0 Å². The number of nitrogens with zero attached hydrogens (tertiary/aromatic N) is 1. The number of hydrogen-bond acceptors (Lipinski definition) is 1. The molecule has 0 aromatic carbocycles. The average Bonchev–Trinajstić information content (AvgIpc) is 2.51. The minimum absolute atomic E-state index is 0.686. The second kappa shape index (κ2) is 2.74. The molecule has 2 heteroatoms. The van der Waals surface area contributed by atoms with E-state index in [0.29, 0.717) is 5.92 Å². The molecule has 1 aliphatic carbocycles. The van der Waals surface area contributed by atoms with Crippen LogP contribution in [0.2, 0.25) is 0 Å². The van der Waals surface area contributed by atoms with Gasteiger partial charge in [-0.25, -0.2) is 0 Å². The fourth-order valence-corrected chi connectivity index (χ4v) is 2.48. The lowest BCUT2D eigenvalue weighted by Gasteiger charge is -2.44. The van der Waals surface area contributed by atoms with Crippen LogP contribution in [0, 0.1) is 5.92 Å². The molecule has 1 heterocycles. The Labute approximate surface area is 73.8 Å². The normalized spacial score (nSPS) is 32.6. The largest absolute Gasteiger partial charge is 0.362 e. The summed E-state index contributed by atoms with van der Waals surface area (Å²) in [6, 6.07) is 0.818. The Balaban J connectivity index is 1.92. The maximum atomic E-state index is 5.29. The molecule has 0 amide bonds. The fourth-order valence-electron chi connectivity index (χ4n) is 2.18. The van der Waals surface area contributed by atoms with Gasteiger partial charge in [0, 0.05) is 18.5 Å². The molecule has 2 rings (SSSR count). The zero-order valence-corrected chi connectivity index (χ0v) is 7.86. The van der Waals surface area contributed by atoms with E-state index in [2.05, 4.69) is 11.8 Å². The molecule has 1 nitrogen and oxygen atoms in total. The van der Waals surface area contributed by atoms with Crippen LogP contribution in [-0.2, 0) is 0 Å². The Kier molecular flexibility index (Phi) is 1.88. The molecular weight excluding hydrogens is 154 g/mol. The molecule has 1 atom stereocenters. The first-order valence-corrected chi connectivity index (χ1v) is 5.00. The molecule has 1 unspecified atom stereocenters. The summed E-state index contributed by atoms with van der Waals surface area (Å²) in [6.07, 6.45) is 5.59. The third kappa shape index (κ3) is 1.18. The first-order valence-electron chi connectivity index (χ1n) is 4.59. The van der Waals surface area contributed by atoms with E-state index >= 15 is 0 Å². The Morgan fingerprint density at radius 2 is 2.00 bits per heavy atom. The van der Waals surface area contributed by atoms with Crippen molar-refractivity contribution in [1.29, 1.82) is 0 Å². The van der Waals surface area contributed by atoms with Gasteiger partial charge in [0.15, 0.2) is 0 Å². The standard InChI is InChI=1S/C9H15NS/c1-7-6-10(9(7)11)8-4-2-3-5-8/h7-8H,2-6H2,1H3. The number of hydrogen-bond donors (Lipinski definition) is 0.